The van der Waals surface area contributed by atoms with Crippen molar-refractivity contribution < 1.29 is 33.4 Å². The number of carbonyl (C=O) groups is 4. The van der Waals surface area contributed by atoms with E-state index in [9.17, 15) is 19.2 Å². The molecule has 0 spiro atoms. The van der Waals surface area contributed by atoms with Gasteiger partial charge in [-0.05, 0) is 65.5 Å². The van der Waals surface area contributed by atoms with Gasteiger partial charge < -0.3 is 24.8 Å². The fourth-order valence-electron chi connectivity index (χ4n) is 4.11. The summed E-state index contributed by atoms with van der Waals surface area (Å²) in [5.74, 6) is -0.982. The number of rotatable bonds is 11. The molecule has 230 valence electrons. The van der Waals surface area contributed by atoms with Gasteiger partial charge in [0.15, 0.2) is 0 Å². The first-order valence-electron chi connectivity index (χ1n) is 14.1. The van der Waals surface area contributed by atoms with Crippen molar-refractivity contribution in [2.75, 3.05) is 6.61 Å². The van der Waals surface area contributed by atoms with Crippen molar-refractivity contribution in [2.45, 2.75) is 91.5 Å². The first kappa shape index (κ1) is 34.1. The molecule has 0 bridgehead atoms. The van der Waals surface area contributed by atoms with Crippen LogP contribution in [0.25, 0.3) is 10.9 Å². The first-order valence-corrected chi connectivity index (χ1v) is 14.1. The van der Waals surface area contributed by atoms with Crippen molar-refractivity contribution in [3.8, 4) is 0 Å². The second-order valence-corrected chi connectivity index (χ2v) is 12.4. The average Bonchev–Trinajstić information content (AvgIpc) is 3.21. The van der Waals surface area contributed by atoms with Crippen molar-refractivity contribution in [3.63, 3.8) is 0 Å². The Labute approximate surface area is 248 Å². The van der Waals surface area contributed by atoms with Crippen LogP contribution in [0.3, 0.4) is 0 Å². The van der Waals surface area contributed by atoms with E-state index >= 15 is 0 Å². The molecule has 10 heteroatoms. The Morgan fingerprint density at radius 1 is 0.976 bits per heavy atom. The summed E-state index contributed by atoms with van der Waals surface area (Å²) in [5.41, 5.74) is -0.119. The molecule has 0 aliphatic rings. The second-order valence-electron chi connectivity index (χ2n) is 12.4. The van der Waals surface area contributed by atoms with Gasteiger partial charge in [0, 0.05) is 24.1 Å². The molecule has 1 heterocycles. The van der Waals surface area contributed by atoms with E-state index in [1.165, 1.54) is 16.7 Å². The van der Waals surface area contributed by atoms with Crippen molar-refractivity contribution in [1.82, 2.24) is 15.2 Å². The van der Waals surface area contributed by atoms with Gasteiger partial charge in [-0.25, -0.2) is 14.4 Å². The maximum Gasteiger partial charge on any atom is 0.419 e. The summed E-state index contributed by atoms with van der Waals surface area (Å²) in [4.78, 5) is 51.3. The number of alkyl carbamates (subject to hydrolysis) is 1. The molecule has 42 heavy (non-hydrogen) atoms. The number of hydrogen-bond donors (Lipinski definition) is 2. The summed E-state index contributed by atoms with van der Waals surface area (Å²) in [6, 6.07) is 5.70. The summed E-state index contributed by atoms with van der Waals surface area (Å²) in [5, 5.41) is 6.22. The monoisotopic (exact) mass is 583 g/mol. The standard InChI is InChI=1S/C32H45N3O7/c1-10-17-40-28(37)25(34-27(36)16-15-23(18-21(2)3)33-29(38)41-31(4,5)6)19-22-20-35(30(39)42-32(7,8)9)26-14-12-11-13-24(22)26/h10-16,20-21,23,25H,1,17-19H2,2-9H3,(H,33,38)(H,34,36)/b16-15+/t23-,25+/m0/s1. The number of para-hydroxylation sites is 1. The third-order valence-corrected chi connectivity index (χ3v) is 5.66. The molecule has 10 nitrogen and oxygen atoms in total. The third kappa shape index (κ3) is 11.4. The van der Waals surface area contributed by atoms with Gasteiger partial charge in [0.25, 0.3) is 0 Å². The van der Waals surface area contributed by atoms with E-state index in [1.807, 2.05) is 26.0 Å². The normalized spacial score (nSPS) is 13.5. The number of nitrogens with one attached hydrogen (secondary N) is 2. The highest BCUT2D eigenvalue weighted by Crippen LogP contribution is 2.24. The van der Waals surface area contributed by atoms with Gasteiger partial charge in [-0.3, -0.25) is 9.36 Å². The van der Waals surface area contributed by atoms with Crippen LogP contribution in [-0.2, 0) is 30.2 Å². The van der Waals surface area contributed by atoms with Gasteiger partial charge in [-0.1, -0.05) is 50.8 Å². The molecule has 0 radical (unpaired) electrons. The number of fused-ring (bicyclic) bond motifs is 1. The fourth-order valence-corrected chi connectivity index (χ4v) is 4.11. The number of esters is 1. The van der Waals surface area contributed by atoms with Crippen molar-refractivity contribution >= 4 is 35.0 Å². The van der Waals surface area contributed by atoms with Crippen LogP contribution in [0.5, 0.6) is 0 Å². The highest BCUT2D eigenvalue weighted by molar-refractivity contribution is 5.94. The lowest BCUT2D eigenvalue weighted by molar-refractivity contribution is -0.146. The summed E-state index contributed by atoms with van der Waals surface area (Å²) < 4.78 is 17.6. The van der Waals surface area contributed by atoms with Gasteiger partial charge in [-0.15, -0.1) is 0 Å². The van der Waals surface area contributed by atoms with Gasteiger partial charge in [-0.2, -0.15) is 0 Å². The highest BCUT2D eigenvalue weighted by Gasteiger charge is 2.26. The SMILES string of the molecule is C=CCOC(=O)[C@@H](Cc1cn(C(=O)OC(C)(C)C)c2ccccc12)NC(=O)/C=C/[C@@H](CC(C)C)NC(=O)OC(C)(C)C. The lowest BCUT2D eigenvalue weighted by atomic mass is 10.0. The Hall–Kier alpha value is -4.08. The van der Waals surface area contributed by atoms with E-state index in [0.29, 0.717) is 17.5 Å². The van der Waals surface area contributed by atoms with Gasteiger partial charge >= 0.3 is 18.2 Å². The first-order chi connectivity index (χ1) is 19.5. The number of amides is 2. The number of carbonyl (C=O) groups excluding carboxylic acids is 4. The molecule has 2 aromatic rings. The van der Waals surface area contributed by atoms with Gasteiger partial charge in [0.2, 0.25) is 5.91 Å². The van der Waals surface area contributed by atoms with E-state index in [1.54, 1.807) is 65.9 Å². The van der Waals surface area contributed by atoms with E-state index in [-0.39, 0.29) is 18.9 Å². The summed E-state index contributed by atoms with van der Waals surface area (Å²) >= 11 is 0. The van der Waals surface area contributed by atoms with Crippen LogP contribution in [0.4, 0.5) is 9.59 Å². The van der Waals surface area contributed by atoms with Crippen LogP contribution in [0, 0.1) is 5.92 Å². The quantitative estimate of drug-likeness (QED) is 0.151. The molecular weight excluding hydrogens is 538 g/mol. The maximum atomic E-state index is 13.0. The van der Waals surface area contributed by atoms with Crippen molar-refractivity contribution in [3.05, 3.63) is 60.8 Å². The largest absolute Gasteiger partial charge is 0.460 e. The predicted molar refractivity (Wildman–Crippen MR) is 162 cm³/mol. The van der Waals surface area contributed by atoms with Crippen LogP contribution in [0.2, 0.25) is 0 Å². The number of benzene rings is 1. The minimum absolute atomic E-state index is 0.0308. The maximum absolute atomic E-state index is 13.0. The molecular formula is C32H45N3O7. The zero-order valence-electron chi connectivity index (χ0n) is 26.0. The molecule has 2 rings (SSSR count). The molecule has 2 atom stereocenters. The van der Waals surface area contributed by atoms with Crippen LogP contribution in [-0.4, -0.2) is 58.5 Å². The molecule has 1 aromatic carbocycles. The van der Waals surface area contributed by atoms with E-state index in [0.717, 1.165) is 5.39 Å². The van der Waals surface area contributed by atoms with Crippen LogP contribution < -0.4 is 10.6 Å². The van der Waals surface area contributed by atoms with Crippen LogP contribution >= 0.6 is 0 Å². The summed E-state index contributed by atoms with van der Waals surface area (Å²) in [7, 11) is 0. The third-order valence-electron chi connectivity index (χ3n) is 5.66. The van der Waals surface area contributed by atoms with Crippen LogP contribution in [0.1, 0.15) is 67.4 Å². The number of hydrogen-bond acceptors (Lipinski definition) is 7. The molecule has 0 fully saturated rings. The van der Waals surface area contributed by atoms with Gasteiger partial charge in [0.05, 0.1) is 11.6 Å². The second kappa shape index (κ2) is 14.7. The average molecular weight is 584 g/mol. The summed E-state index contributed by atoms with van der Waals surface area (Å²) in [6.45, 7) is 18.2. The van der Waals surface area contributed by atoms with E-state index in [4.69, 9.17) is 14.2 Å². The lowest BCUT2D eigenvalue weighted by Crippen LogP contribution is -2.43. The Balaban J connectivity index is 2.31. The molecule has 2 amide bonds. The number of nitrogens with zero attached hydrogens (tertiary/aromatic N) is 1. The molecule has 0 aliphatic carbocycles. The van der Waals surface area contributed by atoms with Crippen molar-refractivity contribution in [1.29, 1.82) is 0 Å². The molecule has 2 N–H and O–H groups in total. The zero-order chi connectivity index (χ0) is 31.7. The Morgan fingerprint density at radius 2 is 1.62 bits per heavy atom. The Morgan fingerprint density at radius 3 is 2.21 bits per heavy atom. The van der Waals surface area contributed by atoms with E-state index in [2.05, 4.69) is 17.2 Å². The van der Waals surface area contributed by atoms with Crippen LogP contribution in [0.15, 0.2) is 55.3 Å². The van der Waals surface area contributed by atoms with Crippen molar-refractivity contribution in [2.24, 2.45) is 5.92 Å². The Kier molecular flexibility index (Phi) is 11.9. The minimum atomic E-state index is -1.07. The highest BCUT2D eigenvalue weighted by atomic mass is 16.6. The number of ether oxygens (including phenoxy) is 3. The van der Waals surface area contributed by atoms with Gasteiger partial charge in [0.1, 0.15) is 23.9 Å². The topological polar surface area (TPSA) is 125 Å². The zero-order valence-corrected chi connectivity index (χ0v) is 26.0. The lowest BCUT2D eigenvalue weighted by Gasteiger charge is -2.23. The Bertz CT molecular complexity index is 1300. The smallest absolute Gasteiger partial charge is 0.419 e. The molecule has 0 unspecified atom stereocenters. The minimum Gasteiger partial charge on any atom is -0.460 e. The van der Waals surface area contributed by atoms with E-state index < -0.39 is 47.3 Å². The molecule has 1 aromatic heterocycles. The fraction of sp³-hybridized carbons (Fsp3) is 0.500. The molecule has 0 saturated heterocycles. The number of aromatic nitrogens is 1. The predicted octanol–water partition coefficient (Wildman–Crippen LogP) is 5.68. The molecule has 0 saturated carbocycles. The summed E-state index contributed by atoms with van der Waals surface area (Å²) in [6.07, 6.45) is 5.36. The molecule has 0 aliphatic heterocycles.